The summed E-state index contributed by atoms with van der Waals surface area (Å²) in [7, 11) is 2.20. The van der Waals surface area contributed by atoms with E-state index >= 15 is 0 Å². The summed E-state index contributed by atoms with van der Waals surface area (Å²) in [6, 6.07) is 19.6. The molecule has 3 rings (SSSR count). The first kappa shape index (κ1) is 14.2. The van der Waals surface area contributed by atoms with Crippen molar-refractivity contribution in [2.24, 2.45) is 0 Å². The first-order valence-corrected chi connectivity index (χ1v) is 7.88. The second-order valence-electron chi connectivity index (χ2n) is 5.98. The van der Waals surface area contributed by atoms with Crippen LogP contribution in [0.4, 0.5) is 5.69 Å². The van der Waals surface area contributed by atoms with Gasteiger partial charge in [0.05, 0.1) is 0 Å². The number of rotatable bonds is 5. The van der Waals surface area contributed by atoms with E-state index < -0.39 is 0 Å². The lowest BCUT2D eigenvalue weighted by Gasteiger charge is -2.24. The standard InChI is InChI=1S/C19H24N2/c1-20(15-17-9-3-2-4-10-17)16-18-11-5-6-12-19(18)21-13-7-8-14-21/h2-6,9-12H,7-8,13-16H2,1H3. The summed E-state index contributed by atoms with van der Waals surface area (Å²) in [5, 5.41) is 0. The van der Waals surface area contributed by atoms with E-state index in [1.54, 1.807) is 0 Å². The molecule has 2 aromatic carbocycles. The van der Waals surface area contributed by atoms with Gasteiger partial charge < -0.3 is 4.90 Å². The summed E-state index contributed by atoms with van der Waals surface area (Å²) in [5.74, 6) is 0. The third-order valence-electron chi connectivity index (χ3n) is 4.17. The van der Waals surface area contributed by atoms with Crippen LogP contribution >= 0.6 is 0 Å². The number of para-hydroxylation sites is 1. The molecule has 0 saturated carbocycles. The number of hydrogen-bond donors (Lipinski definition) is 0. The van der Waals surface area contributed by atoms with Gasteiger partial charge >= 0.3 is 0 Å². The summed E-state index contributed by atoms with van der Waals surface area (Å²) in [4.78, 5) is 4.93. The molecule has 2 heteroatoms. The molecule has 0 aromatic heterocycles. The minimum absolute atomic E-state index is 0.995. The predicted molar refractivity (Wildman–Crippen MR) is 89.5 cm³/mol. The summed E-state index contributed by atoms with van der Waals surface area (Å²) in [5.41, 5.74) is 4.24. The van der Waals surface area contributed by atoms with Crippen molar-refractivity contribution in [2.75, 3.05) is 25.0 Å². The SMILES string of the molecule is CN(Cc1ccccc1)Cc1ccccc1N1CCCC1. The average Bonchev–Trinajstić information content (AvgIpc) is 3.03. The van der Waals surface area contributed by atoms with Gasteiger partial charge in [0.2, 0.25) is 0 Å². The van der Waals surface area contributed by atoms with Crippen molar-refractivity contribution >= 4 is 5.69 Å². The molecule has 1 heterocycles. The molecular weight excluding hydrogens is 256 g/mol. The fourth-order valence-electron chi connectivity index (χ4n) is 3.15. The zero-order chi connectivity index (χ0) is 14.5. The normalized spacial score (nSPS) is 14.9. The Morgan fingerprint density at radius 3 is 2.29 bits per heavy atom. The summed E-state index contributed by atoms with van der Waals surface area (Å²) < 4.78 is 0. The van der Waals surface area contributed by atoms with Gasteiger partial charge in [0.1, 0.15) is 0 Å². The highest BCUT2D eigenvalue weighted by Crippen LogP contribution is 2.25. The molecule has 2 aromatic rings. The Balaban J connectivity index is 1.69. The zero-order valence-corrected chi connectivity index (χ0v) is 12.8. The number of benzene rings is 2. The smallest absolute Gasteiger partial charge is 0.0411 e. The topological polar surface area (TPSA) is 6.48 Å². The number of hydrogen-bond acceptors (Lipinski definition) is 2. The van der Waals surface area contributed by atoms with Crippen LogP contribution in [0.1, 0.15) is 24.0 Å². The molecule has 0 spiro atoms. The van der Waals surface area contributed by atoms with Crippen molar-refractivity contribution in [1.29, 1.82) is 0 Å². The second-order valence-corrected chi connectivity index (χ2v) is 5.98. The Kier molecular flexibility index (Phi) is 4.56. The van der Waals surface area contributed by atoms with Gasteiger partial charge in [-0.25, -0.2) is 0 Å². The molecule has 1 aliphatic heterocycles. The molecule has 0 atom stereocenters. The van der Waals surface area contributed by atoms with Gasteiger partial charge in [-0.2, -0.15) is 0 Å². The Morgan fingerprint density at radius 2 is 1.52 bits per heavy atom. The van der Waals surface area contributed by atoms with Gasteiger partial charge in [-0.05, 0) is 37.1 Å². The maximum atomic E-state index is 2.53. The molecule has 0 radical (unpaired) electrons. The van der Waals surface area contributed by atoms with Crippen LogP contribution in [0.2, 0.25) is 0 Å². The van der Waals surface area contributed by atoms with Gasteiger partial charge in [0.25, 0.3) is 0 Å². The van der Waals surface area contributed by atoms with Crippen LogP contribution in [0.15, 0.2) is 54.6 Å². The van der Waals surface area contributed by atoms with Crippen molar-refractivity contribution in [3.8, 4) is 0 Å². The molecular formula is C19H24N2. The van der Waals surface area contributed by atoms with Crippen LogP contribution in [-0.4, -0.2) is 25.0 Å². The zero-order valence-electron chi connectivity index (χ0n) is 12.8. The Morgan fingerprint density at radius 1 is 0.857 bits per heavy atom. The van der Waals surface area contributed by atoms with E-state index in [0.29, 0.717) is 0 Å². The lowest BCUT2D eigenvalue weighted by molar-refractivity contribution is 0.319. The lowest BCUT2D eigenvalue weighted by Crippen LogP contribution is -2.22. The monoisotopic (exact) mass is 280 g/mol. The summed E-state index contributed by atoms with van der Waals surface area (Å²) in [6.07, 6.45) is 2.66. The van der Waals surface area contributed by atoms with Crippen LogP contribution in [0.5, 0.6) is 0 Å². The van der Waals surface area contributed by atoms with Crippen LogP contribution in [0, 0.1) is 0 Å². The highest BCUT2D eigenvalue weighted by Gasteiger charge is 2.15. The Hall–Kier alpha value is -1.80. The average molecular weight is 280 g/mol. The van der Waals surface area contributed by atoms with Gasteiger partial charge in [-0.15, -0.1) is 0 Å². The molecule has 0 aliphatic carbocycles. The molecule has 0 bridgehead atoms. The fourth-order valence-corrected chi connectivity index (χ4v) is 3.15. The van der Waals surface area contributed by atoms with Crippen molar-refractivity contribution in [3.63, 3.8) is 0 Å². The van der Waals surface area contributed by atoms with Gasteiger partial charge in [0.15, 0.2) is 0 Å². The highest BCUT2D eigenvalue weighted by molar-refractivity contribution is 5.54. The highest BCUT2D eigenvalue weighted by atomic mass is 15.2. The van der Waals surface area contributed by atoms with E-state index in [2.05, 4.69) is 71.4 Å². The van der Waals surface area contributed by atoms with E-state index in [-0.39, 0.29) is 0 Å². The van der Waals surface area contributed by atoms with Crippen LogP contribution in [-0.2, 0) is 13.1 Å². The van der Waals surface area contributed by atoms with E-state index in [1.165, 1.54) is 42.7 Å². The number of nitrogens with zero attached hydrogens (tertiary/aromatic N) is 2. The molecule has 0 N–H and O–H groups in total. The first-order chi connectivity index (χ1) is 10.3. The van der Waals surface area contributed by atoms with E-state index in [9.17, 15) is 0 Å². The third-order valence-corrected chi connectivity index (χ3v) is 4.17. The summed E-state index contributed by atoms with van der Waals surface area (Å²) in [6.45, 7) is 4.41. The number of anilines is 1. The maximum Gasteiger partial charge on any atom is 0.0411 e. The van der Waals surface area contributed by atoms with Crippen molar-refractivity contribution in [3.05, 3.63) is 65.7 Å². The minimum atomic E-state index is 0.995. The predicted octanol–water partition coefficient (Wildman–Crippen LogP) is 3.92. The molecule has 0 amide bonds. The molecule has 0 unspecified atom stereocenters. The quantitative estimate of drug-likeness (QED) is 0.819. The van der Waals surface area contributed by atoms with Crippen LogP contribution in [0.3, 0.4) is 0 Å². The van der Waals surface area contributed by atoms with Crippen LogP contribution < -0.4 is 4.90 Å². The second kappa shape index (κ2) is 6.77. The van der Waals surface area contributed by atoms with Crippen molar-refractivity contribution in [2.45, 2.75) is 25.9 Å². The molecule has 110 valence electrons. The van der Waals surface area contributed by atoms with E-state index in [1.807, 2.05) is 0 Å². The van der Waals surface area contributed by atoms with Gasteiger partial charge in [0, 0.05) is 31.9 Å². The van der Waals surface area contributed by atoms with Gasteiger partial charge in [-0.1, -0.05) is 48.5 Å². The van der Waals surface area contributed by atoms with Crippen molar-refractivity contribution in [1.82, 2.24) is 4.90 Å². The van der Waals surface area contributed by atoms with Crippen LogP contribution in [0.25, 0.3) is 0 Å². The molecule has 2 nitrogen and oxygen atoms in total. The van der Waals surface area contributed by atoms with Crippen molar-refractivity contribution < 1.29 is 0 Å². The van der Waals surface area contributed by atoms with Gasteiger partial charge in [-0.3, -0.25) is 4.90 Å². The molecule has 1 fully saturated rings. The third kappa shape index (κ3) is 3.64. The summed E-state index contributed by atoms with van der Waals surface area (Å²) >= 11 is 0. The molecule has 1 saturated heterocycles. The molecule has 21 heavy (non-hydrogen) atoms. The van der Waals surface area contributed by atoms with E-state index in [0.717, 1.165) is 13.1 Å². The fraction of sp³-hybridized carbons (Fsp3) is 0.368. The molecule has 1 aliphatic rings. The minimum Gasteiger partial charge on any atom is -0.371 e. The maximum absolute atomic E-state index is 2.53. The first-order valence-electron chi connectivity index (χ1n) is 7.88. The van der Waals surface area contributed by atoms with E-state index in [4.69, 9.17) is 0 Å². The lowest BCUT2D eigenvalue weighted by atomic mass is 10.1. The largest absolute Gasteiger partial charge is 0.371 e. The Labute approximate surface area is 128 Å². The Bertz CT molecular complexity index is 559.